The topological polar surface area (TPSA) is 90.8 Å². The van der Waals surface area contributed by atoms with Gasteiger partial charge in [0.25, 0.3) is 5.91 Å². The first kappa shape index (κ1) is 19.5. The minimum atomic E-state index is -0.535. The van der Waals surface area contributed by atoms with Crippen molar-refractivity contribution in [2.24, 2.45) is 5.10 Å². The number of carbonyl (C=O) groups is 2. The Bertz CT molecular complexity index is 832. The molecule has 26 heavy (non-hydrogen) atoms. The Morgan fingerprint density at radius 3 is 2.54 bits per heavy atom. The van der Waals surface area contributed by atoms with Gasteiger partial charge in [-0.2, -0.15) is 5.10 Å². The maximum atomic E-state index is 12.1. The number of phenols is 1. The first-order valence-corrected chi connectivity index (χ1v) is 8.38. The van der Waals surface area contributed by atoms with E-state index in [9.17, 15) is 14.7 Å². The summed E-state index contributed by atoms with van der Waals surface area (Å²) in [5.41, 5.74) is 4.45. The van der Waals surface area contributed by atoms with Crippen LogP contribution in [0.5, 0.6) is 5.75 Å². The fourth-order valence-corrected chi connectivity index (χ4v) is 2.31. The van der Waals surface area contributed by atoms with Crippen molar-refractivity contribution in [2.75, 3.05) is 0 Å². The first-order chi connectivity index (χ1) is 12.4. The van der Waals surface area contributed by atoms with Crippen molar-refractivity contribution < 1.29 is 14.7 Å². The molecule has 0 heterocycles. The third kappa shape index (κ3) is 5.60. The van der Waals surface area contributed by atoms with Crippen molar-refractivity contribution in [1.29, 1.82) is 0 Å². The Morgan fingerprint density at radius 2 is 1.85 bits per heavy atom. The van der Waals surface area contributed by atoms with E-state index in [-0.39, 0.29) is 23.6 Å². The molecule has 2 aromatic rings. The van der Waals surface area contributed by atoms with E-state index in [1.54, 1.807) is 38.1 Å². The Morgan fingerprint density at radius 1 is 1.15 bits per heavy atom. The molecule has 2 aromatic carbocycles. The van der Waals surface area contributed by atoms with E-state index < -0.39 is 5.91 Å². The molecule has 0 fully saturated rings. The Labute approximate surface area is 156 Å². The predicted octanol–water partition coefficient (Wildman–Crippen LogP) is 3.17. The Kier molecular flexibility index (Phi) is 6.74. The molecule has 0 saturated carbocycles. The second-order valence-electron chi connectivity index (χ2n) is 5.84. The van der Waals surface area contributed by atoms with E-state index in [1.165, 1.54) is 6.07 Å². The highest BCUT2D eigenvalue weighted by Crippen LogP contribution is 2.21. The SMILES string of the molecule is C/C(CC(=O)NCc1ccc(Cl)cc1)=N/NC(=O)c1cccc(C)c1O. The number of amides is 2. The quantitative estimate of drug-likeness (QED) is 0.536. The van der Waals surface area contributed by atoms with Crippen LogP contribution in [0.1, 0.15) is 34.8 Å². The van der Waals surface area contributed by atoms with Gasteiger partial charge in [-0.1, -0.05) is 35.9 Å². The molecule has 0 bridgehead atoms. The van der Waals surface area contributed by atoms with E-state index in [1.807, 2.05) is 12.1 Å². The minimum absolute atomic E-state index is 0.0493. The standard InChI is InChI=1S/C19H20ClN3O3/c1-12-4-3-5-16(18(12)25)19(26)23-22-13(2)10-17(24)21-11-14-6-8-15(20)9-7-14/h3-9,25H,10-11H2,1-2H3,(H,21,24)(H,23,26)/b22-13-. The number of nitrogens with zero attached hydrogens (tertiary/aromatic N) is 1. The molecule has 7 heteroatoms. The Balaban J connectivity index is 1.85. The minimum Gasteiger partial charge on any atom is -0.507 e. The molecule has 0 spiro atoms. The van der Waals surface area contributed by atoms with Crippen LogP contribution < -0.4 is 10.7 Å². The highest BCUT2D eigenvalue weighted by molar-refractivity contribution is 6.30. The number of benzene rings is 2. The third-order valence-corrected chi connectivity index (χ3v) is 3.90. The number of rotatable bonds is 6. The maximum absolute atomic E-state index is 12.1. The number of hydrazone groups is 1. The van der Waals surface area contributed by atoms with Crippen LogP contribution in [0.2, 0.25) is 5.02 Å². The maximum Gasteiger partial charge on any atom is 0.275 e. The van der Waals surface area contributed by atoms with Gasteiger partial charge in [0.1, 0.15) is 5.75 Å². The number of hydrogen-bond acceptors (Lipinski definition) is 4. The summed E-state index contributed by atoms with van der Waals surface area (Å²) in [5.74, 6) is -0.834. The number of carbonyl (C=O) groups excluding carboxylic acids is 2. The third-order valence-electron chi connectivity index (χ3n) is 3.65. The second kappa shape index (κ2) is 9.01. The van der Waals surface area contributed by atoms with Crippen molar-refractivity contribution in [1.82, 2.24) is 10.7 Å². The van der Waals surface area contributed by atoms with Crippen molar-refractivity contribution >= 4 is 29.1 Å². The van der Waals surface area contributed by atoms with Gasteiger partial charge in [0.2, 0.25) is 5.91 Å². The number of halogens is 1. The van der Waals surface area contributed by atoms with Crippen LogP contribution in [0.4, 0.5) is 0 Å². The molecule has 0 unspecified atom stereocenters. The number of hydrogen-bond donors (Lipinski definition) is 3. The summed E-state index contributed by atoms with van der Waals surface area (Å²) in [6.45, 7) is 3.72. The van der Waals surface area contributed by atoms with Crippen LogP contribution in [0.3, 0.4) is 0 Å². The number of phenolic OH excluding ortho intramolecular Hbond substituents is 1. The van der Waals surface area contributed by atoms with Gasteiger partial charge in [0.15, 0.2) is 0 Å². The highest BCUT2D eigenvalue weighted by Gasteiger charge is 2.12. The molecule has 6 nitrogen and oxygen atoms in total. The number of para-hydroxylation sites is 1. The lowest BCUT2D eigenvalue weighted by molar-refractivity contribution is -0.120. The summed E-state index contributed by atoms with van der Waals surface area (Å²) < 4.78 is 0. The summed E-state index contributed by atoms with van der Waals surface area (Å²) in [7, 11) is 0. The van der Waals surface area contributed by atoms with E-state index in [2.05, 4.69) is 15.8 Å². The normalized spacial score (nSPS) is 11.1. The van der Waals surface area contributed by atoms with Crippen LogP contribution in [0.15, 0.2) is 47.6 Å². The molecule has 0 aliphatic rings. The van der Waals surface area contributed by atoms with Gasteiger partial charge in [0.05, 0.1) is 12.0 Å². The smallest absolute Gasteiger partial charge is 0.275 e. The molecule has 3 N–H and O–H groups in total. The molecule has 0 aliphatic heterocycles. The van der Waals surface area contributed by atoms with E-state index in [4.69, 9.17) is 11.6 Å². The molecule has 136 valence electrons. The van der Waals surface area contributed by atoms with E-state index in [0.29, 0.717) is 22.8 Å². The largest absolute Gasteiger partial charge is 0.507 e. The van der Waals surface area contributed by atoms with Crippen molar-refractivity contribution in [2.45, 2.75) is 26.8 Å². The molecule has 0 radical (unpaired) electrons. The van der Waals surface area contributed by atoms with Crippen molar-refractivity contribution in [3.63, 3.8) is 0 Å². The summed E-state index contributed by atoms with van der Waals surface area (Å²) >= 11 is 5.81. The van der Waals surface area contributed by atoms with Gasteiger partial charge in [0, 0.05) is 17.3 Å². The zero-order valence-electron chi connectivity index (χ0n) is 14.5. The van der Waals surface area contributed by atoms with Gasteiger partial charge in [-0.25, -0.2) is 5.43 Å². The summed E-state index contributed by atoms with van der Waals surface area (Å²) in [6, 6.07) is 12.0. The number of aryl methyl sites for hydroxylation is 1. The van der Waals surface area contributed by atoms with E-state index >= 15 is 0 Å². The molecular weight excluding hydrogens is 354 g/mol. The number of nitrogens with one attached hydrogen (secondary N) is 2. The fourth-order valence-electron chi connectivity index (χ4n) is 2.19. The molecular formula is C19H20ClN3O3. The van der Waals surface area contributed by atoms with Gasteiger partial charge in [-0.05, 0) is 43.2 Å². The van der Waals surface area contributed by atoms with Crippen molar-refractivity contribution in [3.8, 4) is 5.75 Å². The van der Waals surface area contributed by atoms with Crippen LogP contribution >= 0.6 is 11.6 Å². The number of aromatic hydroxyl groups is 1. The summed E-state index contributed by atoms with van der Waals surface area (Å²) in [4.78, 5) is 24.0. The Hall–Kier alpha value is -2.86. The lowest BCUT2D eigenvalue weighted by Crippen LogP contribution is -2.26. The van der Waals surface area contributed by atoms with Gasteiger partial charge >= 0.3 is 0 Å². The monoisotopic (exact) mass is 373 g/mol. The lowest BCUT2D eigenvalue weighted by atomic mass is 10.1. The molecule has 2 amide bonds. The summed E-state index contributed by atoms with van der Waals surface area (Å²) in [6.07, 6.45) is 0.0493. The van der Waals surface area contributed by atoms with Gasteiger partial charge in [-0.15, -0.1) is 0 Å². The van der Waals surface area contributed by atoms with E-state index in [0.717, 1.165) is 5.56 Å². The van der Waals surface area contributed by atoms with Crippen molar-refractivity contribution in [3.05, 3.63) is 64.2 Å². The molecule has 0 aromatic heterocycles. The van der Waals surface area contributed by atoms with Crippen LogP contribution in [0.25, 0.3) is 0 Å². The van der Waals surface area contributed by atoms with Crippen LogP contribution in [-0.2, 0) is 11.3 Å². The summed E-state index contributed by atoms with van der Waals surface area (Å²) in [5, 5.41) is 17.2. The first-order valence-electron chi connectivity index (χ1n) is 8.00. The highest BCUT2D eigenvalue weighted by atomic mass is 35.5. The van der Waals surface area contributed by atoms with Crippen LogP contribution in [0, 0.1) is 6.92 Å². The van der Waals surface area contributed by atoms with Crippen LogP contribution in [-0.4, -0.2) is 22.6 Å². The molecule has 0 atom stereocenters. The zero-order chi connectivity index (χ0) is 19.1. The lowest BCUT2D eigenvalue weighted by Gasteiger charge is -2.07. The molecule has 0 aliphatic carbocycles. The fraction of sp³-hybridized carbons (Fsp3) is 0.211. The van der Waals surface area contributed by atoms with Gasteiger partial charge in [-0.3, -0.25) is 9.59 Å². The average Bonchev–Trinajstić information content (AvgIpc) is 2.61. The predicted molar refractivity (Wildman–Crippen MR) is 101 cm³/mol. The zero-order valence-corrected chi connectivity index (χ0v) is 15.3. The van der Waals surface area contributed by atoms with Gasteiger partial charge < -0.3 is 10.4 Å². The molecule has 2 rings (SSSR count). The molecule has 0 saturated heterocycles. The second-order valence-corrected chi connectivity index (χ2v) is 6.28. The average molecular weight is 374 g/mol.